The molecule has 7 rings (SSSR count). The molecule has 5 aromatic carbocycles. The molecule has 0 spiro atoms. The highest BCUT2D eigenvalue weighted by atomic mass is 31.1. The van der Waals surface area contributed by atoms with Gasteiger partial charge in [-0.25, -0.2) is 0 Å². The van der Waals surface area contributed by atoms with E-state index in [-0.39, 0.29) is 12.6 Å². The van der Waals surface area contributed by atoms with Crippen LogP contribution in [0.1, 0.15) is 38.5 Å². The molecule has 2 heterocycles. The first-order chi connectivity index (χ1) is 22.3. The normalized spacial score (nSPS) is 19.0. The number of ether oxygens (including phenoxy) is 4. The SMILES string of the molecule is c1ccc(-c2cccc(P(c3ccccc3)c3cccc(-c4ccccc4)c3OC3CCCCO3)c2OC2CCCCO2)cc1. The summed E-state index contributed by atoms with van der Waals surface area (Å²) < 4.78 is 26.2. The second-order valence-corrected chi connectivity index (χ2v) is 13.7. The molecule has 5 heteroatoms. The van der Waals surface area contributed by atoms with Crippen molar-refractivity contribution < 1.29 is 18.9 Å². The van der Waals surface area contributed by atoms with Gasteiger partial charge in [-0.2, -0.15) is 0 Å². The van der Waals surface area contributed by atoms with Crippen LogP contribution >= 0.6 is 7.92 Å². The minimum absolute atomic E-state index is 0.281. The standard InChI is InChI=1S/C40H39O4P/c1-4-16-30(17-5-1)33-22-14-24-35(39(33)43-37-26-10-12-28-41-37)45(32-20-8-3-9-21-32)36-25-15-23-34(31-18-6-2-7-19-31)40(36)44-38-27-11-13-29-42-38/h1-9,14-25,37-38H,10-13,26-29H2. The molecule has 2 atom stereocenters. The monoisotopic (exact) mass is 614 g/mol. The van der Waals surface area contributed by atoms with Gasteiger partial charge in [0.05, 0.1) is 13.2 Å². The number of hydrogen-bond donors (Lipinski definition) is 0. The lowest BCUT2D eigenvalue weighted by atomic mass is 10.0. The Balaban J connectivity index is 1.45. The molecular weight excluding hydrogens is 575 g/mol. The van der Waals surface area contributed by atoms with Crippen LogP contribution in [0.5, 0.6) is 11.5 Å². The average Bonchev–Trinajstić information content (AvgIpc) is 3.12. The fraction of sp³-hybridized carbons (Fsp3) is 0.250. The summed E-state index contributed by atoms with van der Waals surface area (Å²) in [5.74, 6) is 1.77. The van der Waals surface area contributed by atoms with Gasteiger partial charge in [0.15, 0.2) is 12.6 Å². The van der Waals surface area contributed by atoms with Crippen LogP contribution in [0, 0.1) is 0 Å². The van der Waals surface area contributed by atoms with E-state index in [1.54, 1.807) is 0 Å². The predicted molar refractivity (Wildman–Crippen MR) is 184 cm³/mol. The van der Waals surface area contributed by atoms with Gasteiger partial charge in [0.25, 0.3) is 0 Å². The zero-order chi connectivity index (χ0) is 30.3. The summed E-state index contributed by atoms with van der Waals surface area (Å²) in [6.45, 7) is 1.44. The van der Waals surface area contributed by atoms with E-state index in [1.165, 1.54) is 5.30 Å². The number of rotatable bonds is 9. The molecule has 2 fully saturated rings. The van der Waals surface area contributed by atoms with Gasteiger partial charge < -0.3 is 18.9 Å². The van der Waals surface area contributed by atoms with E-state index in [9.17, 15) is 0 Å². The van der Waals surface area contributed by atoms with Crippen LogP contribution in [-0.2, 0) is 9.47 Å². The van der Waals surface area contributed by atoms with E-state index in [0.29, 0.717) is 0 Å². The van der Waals surface area contributed by atoms with Crippen molar-refractivity contribution in [2.24, 2.45) is 0 Å². The van der Waals surface area contributed by atoms with E-state index >= 15 is 0 Å². The van der Waals surface area contributed by atoms with Crippen LogP contribution in [0.2, 0.25) is 0 Å². The molecule has 2 aliphatic rings. The van der Waals surface area contributed by atoms with Gasteiger partial charge in [-0.05, 0) is 50.0 Å². The maximum Gasteiger partial charge on any atom is 0.199 e. The molecule has 0 N–H and O–H groups in total. The molecule has 0 aromatic heterocycles. The Morgan fingerprint density at radius 2 is 0.911 bits per heavy atom. The van der Waals surface area contributed by atoms with Crippen molar-refractivity contribution in [2.75, 3.05) is 13.2 Å². The summed E-state index contributed by atoms with van der Waals surface area (Å²) in [5.41, 5.74) is 4.39. The summed E-state index contributed by atoms with van der Waals surface area (Å²) in [6.07, 6.45) is 5.53. The Hall–Kier alpha value is -3.95. The fourth-order valence-electron chi connectivity index (χ4n) is 6.20. The third kappa shape index (κ3) is 6.84. The number of benzene rings is 5. The van der Waals surface area contributed by atoms with Gasteiger partial charge in [-0.1, -0.05) is 127 Å². The Bertz CT molecular complexity index is 1560. The second kappa shape index (κ2) is 14.4. The lowest BCUT2D eigenvalue weighted by Gasteiger charge is -2.31. The highest BCUT2D eigenvalue weighted by molar-refractivity contribution is 7.80. The Morgan fingerprint density at radius 1 is 0.467 bits per heavy atom. The zero-order valence-corrected chi connectivity index (χ0v) is 26.4. The molecule has 0 amide bonds. The highest BCUT2D eigenvalue weighted by Crippen LogP contribution is 2.46. The van der Waals surface area contributed by atoms with E-state index < -0.39 is 7.92 Å². The van der Waals surface area contributed by atoms with Crippen LogP contribution in [0.3, 0.4) is 0 Å². The van der Waals surface area contributed by atoms with Crippen molar-refractivity contribution in [2.45, 2.75) is 51.1 Å². The first kappa shape index (κ1) is 29.7. The van der Waals surface area contributed by atoms with Gasteiger partial charge in [0, 0.05) is 34.6 Å². The van der Waals surface area contributed by atoms with E-state index in [0.717, 1.165) is 96.1 Å². The van der Waals surface area contributed by atoms with Gasteiger partial charge in [-0.3, -0.25) is 0 Å². The topological polar surface area (TPSA) is 36.9 Å². The Kier molecular flexibility index (Phi) is 9.54. The fourth-order valence-corrected chi connectivity index (χ4v) is 8.70. The largest absolute Gasteiger partial charge is 0.464 e. The van der Waals surface area contributed by atoms with Crippen LogP contribution in [-0.4, -0.2) is 25.8 Å². The summed E-state index contributed by atoms with van der Waals surface area (Å²) in [4.78, 5) is 0. The summed E-state index contributed by atoms with van der Waals surface area (Å²) >= 11 is 0. The molecule has 2 unspecified atom stereocenters. The van der Waals surface area contributed by atoms with Gasteiger partial charge in [0.2, 0.25) is 0 Å². The summed E-state index contributed by atoms with van der Waals surface area (Å²) in [7, 11) is -1.12. The molecule has 228 valence electrons. The molecule has 5 aromatic rings. The molecule has 0 saturated carbocycles. The molecule has 0 radical (unpaired) electrons. The van der Waals surface area contributed by atoms with Gasteiger partial charge in [0.1, 0.15) is 11.5 Å². The summed E-state index contributed by atoms with van der Waals surface area (Å²) in [6, 6.07) is 45.0. The maximum absolute atomic E-state index is 6.93. The predicted octanol–water partition coefficient (Wildman–Crippen LogP) is 8.59. The summed E-state index contributed by atoms with van der Waals surface area (Å²) in [5, 5.41) is 3.52. The van der Waals surface area contributed by atoms with Crippen LogP contribution in [0.25, 0.3) is 22.3 Å². The first-order valence-corrected chi connectivity index (χ1v) is 17.5. The lowest BCUT2D eigenvalue weighted by molar-refractivity contribution is -0.105. The minimum atomic E-state index is -1.12. The average molecular weight is 615 g/mol. The number of para-hydroxylation sites is 2. The molecule has 2 aliphatic heterocycles. The molecule has 2 saturated heterocycles. The Labute approximate surface area is 267 Å². The van der Waals surface area contributed by atoms with Crippen molar-refractivity contribution in [1.29, 1.82) is 0 Å². The smallest absolute Gasteiger partial charge is 0.199 e. The van der Waals surface area contributed by atoms with Crippen LogP contribution < -0.4 is 25.4 Å². The molecule has 0 aliphatic carbocycles. The van der Waals surface area contributed by atoms with E-state index in [2.05, 4.69) is 127 Å². The van der Waals surface area contributed by atoms with Crippen molar-refractivity contribution in [3.63, 3.8) is 0 Å². The van der Waals surface area contributed by atoms with E-state index in [1.807, 2.05) is 0 Å². The van der Waals surface area contributed by atoms with Crippen molar-refractivity contribution in [1.82, 2.24) is 0 Å². The van der Waals surface area contributed by atoms with Crippen molar-refractivity contribution in [3.8, 4) is 33.8 Å². The van der Waals surface area contributed by atoms with Gasteiger partial charge >= 0.3 is 0 Å². The second-order valence-electron chi connectivity index (χ2n) is 11.5. The number of hydrogen-bond acceptors (Lipinski definition) is 4. The third-order valence-corrected chi connectivity index (χ3v) is 10.9. The van der Waals surface area contributed by atoms with Crippen LogP contribution in [0.4, 0.5) is 0 Å². The molecular formula is C40H39O4P. The van der Waals surface area contributed by atoms with Crippen molar-refractivity contribution in [3.05, 3.63) is 127 Å². The Morgan fingerprint density at radius 3 is 1.33 bits per heavy atom. The minimum Gasteiger partial charge on any atom is -0.464 e. The van der Waals surface area contributed by atoms with Gasteiger partial charge in [-0.15, -0.1) is 0 Å². The third-order valence-electron chi connectivity index (χ3n) is 8.43. The first-order valence-electron chi connectivity index (χ1n) is 16.1. The highest BCUT2D eigenvalue weighted by Gasteiger charge is 2.30. The molecule has 0 bridgehead atoms. The maximum atomic E-state index is 6.93. The lowest BCUT2D eigenvalue weighted by Crippen LogP contribution is -2.31. The molecule has 4 nitrogen and oxygen atoms in total. The van der Waals surface area contributed by atoms with Crippen LogP contribution in [0.15, 0.2) is 127 Å². The van der Waals surface area contributed by atoms with Crippen molar-refractivity contribution >= 4 is 23.8 Å². The molecule has 45 heavy (non-hydrogen) atoms. The quantitative estimate of drug-likeness (QED) is 0.156. The zero-order valence-electron chi connectivity index (χ0n) is 25.5. The van der Waals surface area contributed by atoms with E-state index in [4.69, 9.17) is 18.9 Å².